The first-order valence-electron chi connectivity index (χ1n) is 3.91. The maximum atomic E-state index is 3.70. The van der Waals surface area contributed by atoms with E-state index in [1.807, 2.05) is 12.4 Å². The smallest absolute Gasteiger partial charge is 0.0330 e. The van der Waals surface area contributed by atoms with Crippen molar-refractivity contribution in [1.82, 2.24) is 4.98 Å². The lowest BCUT2D eigenvalue weighted by Crippen LogP contribution is -2.15. The number of nitrogens with one attached hydrogen (secondary N) is 1. The van der Waals surface area contributed by atoms with E-state index < -0.39 is 0 Å². The van der Waals surface area contributed by atoms with Gasteiger partial charge in [0.1, 0.15) is 0 Å². The highest BCUT2D eigenvalue weighted by molar-refractivity contribution is 5.89. The van der Waals surface area contributed by atoms with Gasteiger partial charge in [0.15, 0.2) is 0 Å². The molecule has 1 nitrogen and oxygen atoms in total. The molecular weight excluding hydrogens is 146 g/mol. The molecule has 0 saturated carbocycles. The first-order valence-corrected chi connectivity index (χ1v) is 3.91. The summed E-state index contributed by atoms with van der Waals surface area (Å²) in [5, 5.41) is 4.91. The molecule has 3 rings (SSSR count). The Morgan fingerprint density at radius 3 is 3.08 bits per heavy atom. The van der Waals surface area contributed by atoms with Crippen molar-refractivity contribution in [3.63, 3.8) is 0 Å². The lowest BCUT2D eigenvalue weighted by Gasteiger charge is -1.84. The van der Waals surface area contributed by atoms with Crippen molar-refractivity contribution in [2.45, 2.75) is 0 Å². The van der Waals surface area contributed by atoms with Crippen molar-refractivity contribution in [3.05, 3.63) is 41.0 Å². The molecular formula is C11H7N. The lowest BCUT2D eigenvalue weighted by molar-refractivity contribution is 1.43. The quantitative estimate of drug-likeness (QED) is 0.493. The van der Waals surface area contributed by atoms with Gasteiger partial charge >= 0.3 is 0 Å². The highest BCUT2D eigenvalue weighted by Gasteiger charge is 2.09. The van der Waals surface area contributed by atoms with Crippen LogP contribution in [-0.2, 0) is 0 Å². The van der Waals surface area contributed by atoms with Crippen LogP contribution in [0.4, 0.5) is 0 Å². The summed E-state index contributed by atoms with van der Waals surface area (Å²) in [6.45, 7) is 3.70. The summed E-state index contributed by atoms with van der Waals surface area (Å²) in [7, 11) is 0. The SMILES string of the molecule is C=C=c1c2c(cc3c[nH]cc13)C=2. The summed E-state index contributed by atoms with van der Waals surface area (Å²) in [5.41, 5.74) is 4.30. The van der Waals surface area contributed by atoms with Gasteiger partial charge in [0, 0.05) is 28.4 Å². The molecule has 2 aromatic rings. The molecule has 0 bridgehead atoms. The van der Waals surface area contributed by atoms with Crippen molar-refractivity contribution in [2.24, 2.45) is 0 Å². The van der Waals surface area contributed by atoms with Crippen molar-refractivity contribution < 1.29 is 0 Å². The van der Waals surface area contributed by atoms with Gasteiger partial charge < -0.3 is 4.98 Å². The number of H-pyrrole nitrogens is 1. The number of benzene rings is 1. The van der Waals surface area contributed by atoms with Crippen molar-refractivity contribution in [1.29, 1.82) is 0 Å². The second kappa shape index (κ2) is 1.71. The molecule has 56 valence electrons. The van der Waals surface area contributed by atoms with Gasteiger partial charge in [-0.25, -0.2) is 0 Å². The van der Waals surface area contributed by atoms with E-state index >= 15 is 0 Å². The molecule has 0 spiro atoms. The Bertz CT molecular complexity index is 610. The zero-order chi connectivity index (χ0) is 8.13. The second-order valence-electron chi connectivity index (χ2n) is 3.03. The molecule has 0 aliphatic heterocycles. The van der Waals surface area contributed by atoms with Gasteiger partial charge in [-0.05, 0) is 22.9 Å². The normalized spacial score (nSPS) is 12.0. The number of aromatic nitrogens is 1. The predicted octanol–water partition coefficient (Wildman–Crippen LogP) is 0.875. The highest BCUT2D eigenvalue weighted by Crippen LogP contribution is 2.12. The van der Waals surface area contributed by atoms with Gasteiger partial charge in [0.05, 0.1) is 0 Å². The fraction of sp³-hybridized carbons (Fsp3) is 0. The number of hydrogen-bond acceptors (Lipinski definition) is 0. The van der Waals surface area contributed by atoms with Gasteiger partial charge in [-0.3, -0.25) is 0 Å². The Balaban J connectivity index is 2.81. The van der Waals surface area contributed by atoms with E-state index in [1.54, 1.807) is 0 Å². The number of hydrogen-bond donors (Lipinski definition) is 1. The molecule has 0 unspecified atom stereocenters. The largest absolute Gasteiger partial charge is 0.366 e. The van der Waals surface area contributed by atoms with Crippen molar-refractivity contribution in [3.8, 4) is 0 Å². The summed E-state index contributed by atoms with van der Waals surface area (Å²) in [4.78, 5) is 3.09. The van der Waals surface area contributed by atoms with Crippen LogP contribution < -0.4 is 10.4 Å². The van der Waals surface area contributed by atoms with E-state index in [0.717, 1.165) is 5.22 Å². The average molecular weight is 153 g/mol. The molecule has 1 heterocycles. The Labute approximate surface area is 69.3 Å². The summed E-state index contributed by atoms with van der Waals surface area (Å²) in [6, 6.07) is 2.18. The van der Waals surface area contributed by atoms with Crippen LogP contribution in [-0.4, -0.2) is 4.98 Å². The molecule has 0 saturated heterocycles. The van der Waals surface area contributed by atoms with E-state index in [0.29, 0.717) is 0 Å². The summed E-state index contributed by atoms with van der Waals surface area (Å²) in [6.07, 6.45) is 6.16. The first-order chi connectivity index (χ1) is 5.90. The third kappa shape index (κ3) is 0.549. The summed E-state index contributed by atoms with van der Waals surface area (Å²) < 4.78 is 0. The molecule has 1 aliphatic rings. The molecule has 1 heteroatoms. The van der Waals surface area contributed by atoms with Crippen LogP contribution in [0.2, 0.25) is 0 Å². The third-order valence-electron chi connectivity index (χ3n) is 2.33. The molecule has 0 radical (unpaired) electrons. The molecule has 0 fully saturated rings. The highest BCUT2D eigenvalue weighted by atomic mass is 14.6. The van der Waals surface area contributed by atoms with Gasteiger partial charge in [0.2, 0.25) is 0 Å². The molecule has 12 heavy (non-hydrogen) atoms. The van der Waals surface area contributed by atoms with Crippen LogP contribution in [0.3, 0.4) is 0 Å². The first kappa shape index (κ1) is 5.87. The minimum atomic E-state index is 1.14. The standard InChI is InChI=1S/C11H7N/c1-2-9-10-4-7(10)3-8-5-12-6-11(8)9/h3-6,12H,1H2. The average Bonchev–Trinajstić information content (AvgIpc) is 2.68. The number of fused-ring (bicyclic) bond motifs is 2. The van der Waals surface area contributed by atoms with E-state index in [4.69, 9.17) is 0 Å². The second-order valence-corrected chi connectivity index (χ2v) is 3.03. The minimum absolute atomic E-state index is 1.14. The van der Waals surface area contributed by atoms with Crippen LogP contribution in [0.1, 0.15) is 5.56 Å². The van der Waals surface area contributed by atoms with Crippen LogP contribution in [0.15, 0.2) is 25.0 Å². The van der Waals surface area contributed by atoms with E-state index in [9.17, 15) is 0 Å². The van der Waals surface area contributed by atoms with Crippen LogP contribution in [0, 0.1) is 0 Å². The Kier molecular flexibility index (Phi) is 0.837. The maximum absolute atomic E-state index is 3.70. The molecule has 1 aliphatic carbocycles. The lowest BCUT2D eigenvalue weighted by atomic mass is 10.2. The maximum Gasteiger partial charge on any atom is 0.0330 e. The molecule has 1 aromatic heterocycles. The van der Waals surface area contributed by atoms with Crippen LogP contribution >= 0.6 is 0 Å². The zero-order valence-electron chi connectivity index (χ0n) is 6.52. The van der Waals surface area contributed by atoms with Crippen molar-refractivity contribution >= 4 is 22.6 Å². The Morgan fingerprint density at radius 2 is 2.25 bits per heavy atom. The van der Waals surface area contributed by atoms with Crippen LogP contribution in [0.25, 0.3) is 22.6 Å². The molecule has 0 atom stereocenters. The van der Waals surface area contributed by atoms with E-state index in [-0.39, 0.29) is 0 Å². The Hall–Kier alpha value is -1.72. The van der Waals surface area contributed by atoms with Gasteiger partial charge in [0.25, 0.3) is 0 Å². The fourth-order valence-corrected chi connectivity index (χ4v) is 1.67. The minimum Gasteiger partial charge on any atom is -0.366 e. The number of aromatic amines is 1. The summed E-state index contributed by atoms with van der Waals surface area (Å²) in [5.74, 6) is 0. The molecule has 0 amide bonds. The Morgan fingerprint density at radius 1 is 1.33 bits per heavy atom. The monoisotopic (exact) mass is 153 g/mol. The number of rotatable bonds is 0. The van der Waals surface area contributed by atoms with Crippen LogP contribution in [0.5, 0.6) is 0 Å². The fourth-order valence-electron chi connectivity index (χ4n) is 1.67. The predicted molar refractivity (Wildman–Crippen MR) is 50.2 cm³/mol. The molecule has 1 N–H and O–H groups in total. The van der Waals surface area contributed by atoms with E-state index in [2.05, 4.69) is 29.4 Å². The van der Waals surface area contributed by atoms with E-state index in [1.165, 1.54) is 21.6 Å². The van der Waals surface area contributed by atoms with Gasteiger partial charge in [-0.15, -0.1) is 5.73 Å². The van der Waals surface area contributed by atoms with Gasteiger partial charge in [-0.1, -0.05) is 6.58 Å². The topological polar surface area (TPSA) is 15.8 Å². The summed E-state index contributed by atoms with van der Waals surface area (Å²) >= 11 is 0. The third-order valence-corrected chi connectivity index (χ3v) is 2.33. The molecule has 1 aromatic carbocycles. The zero-order valence-corrected chi connectivity index (χ0v) is 6.52. The van der Waals surface area contributed by atoms with Gasteiger partial charge in [-0.2, -0.15) is 0 Å². The van der Waals surface area contributed by atoms with Crippen molar-refractivity contribution in [2.75, 3.05) is 0 Å².